The fraction of sp³-hybridized carbons (Fsp3) is 0.500. The molecule has 0 spiro atoms. The molecule has 6 heteroatoms. The van der Waals surface area contributed by atoms with Crippen molar-refractivity contribution in [2.24, 2.45) is 0 Å². The number of anilines is 1. The standard InChI is InChI=1S/C6H8F3N3/c7-6(8,9)1-3-12-4-2-11-5(12)10/h2,4H,1,3H2,(H2,10,11). The van der Waals surface area contributed by atoms with Crippen LogP contribution in [0.1, 0.15) is 6.42 Å². The van der Waals surface area contributed by atoms with Crippen molar-refractivity contribution in [3.05, 3.63) is 12.4 Å². The van der Waals surface area contributed by atoms with Crippen LogP contribution in [0.4, 0.5) is 19.1 Å². The monoisotopic (exact) mass is 179 g/mol. The molecular weight excluding hydrogens is 171 g/mol. The number of alkyl halides is 3. The Bertz CT molecular complexity index is 253. The van der Waals surface area contributed by atoms with Crippen LogP contribution in [0.2, 0.25) is 0 Å². The molecule has 0 atom stereocenters. The minimum atomic E-state index is -4.14. The maximum atomic E-state index is 11.7. The van der Waals surface area contributed by atoms with E-state index in [1.54, 1.807) is 0 Å². The molecule has 0 aliphatic rings. The van der Waals surface area contributed by atoms with Crippen LogP contribution in [-0.4, -0.2) is 15.7 Å². The largest absolute Gasteiger partial charge is 0.390 e. The number of nitrogen functional groups attached to an aromatic ring is 1. The lowest BCUT2D eigenvalue weighted by atomic mass is 10.4. The zero-order valence-electron chi connectivity index (χ0n) is 6.17. The van der Waals surface area contributed by atoms with E-state index in [-0.39, 0.29) is 12.5 Å². The van der Waals surface area contributed by atoms with Crippen molar-refractivity contribution in [1.29, 1.82) is 0 Å². The van der Waals surface area contributed by atoms with Gasteiger partial charge in [0.2, 0.25) is 0 Å². The Morgan fingerprint density at radius 2 is 2.17 bits per heavy atom. The van der Waals surface area contributed by atoms with Crippen molar-refractivity contribution in [3.63, 3.8) is 0 Å². The molecule has 0 fully saturated rings. The SMILES string of the molecule is Nc1nccn1CCC(F)(F)F. The molecule has 3 nitrogen and oxygen atoms in total. The molecule has 0 bridgehead atoms. The number of rotatable bonds is 2. The van der Waals surface area contributed by atoms with Gasteiger partial charge in [0.1, 0.15) is 0 Å². The van der Waals surface area contributed by atoms with Crippen LogP contribution in [0.15, 0.2) is 12.4 Å². The molecule has 0 aliphatic carbocycles. The van der Waals surface area contributed by atoms with Gasteiger partial charge in [0, 0.05) is 18.9 Å². The van der Waals surface area contributed by atoms with Crippen molar-refractivity contribution >= 4 is 5.95 Å². The number of hydrogen-bond donors (Lipinski definition) is 1. The number of nitrogens with two attached hydrogens (primary N) is 1. The summed E-state index contributed by atoms with van der Waals surface area (Å²) in [5, 5.41) is 0. The Hall–Kier alpha value is -1.20. The van der Waals surface area contributed by atoms with Crippen molar-refractivity contribution in [2.75, 3.05) is 5.73 Å². The van der Waals surface area contributed by atoms with Gasteiger partial charge in [-0.1, -0.05) is 0 Å². The summed E-state index contributed by atoms with van der Waals surface area (Å²) >= 11 is 0. The Balaban J connectivity index is 2.49. The lowest BCUT2D eigenvalue weighted by Gasteiger charge is -2.07. The third kappa shape index (κ3) is 2.44. The molecule has 0 radical (unpaired) electrons. The van der Waals surface area contributed by atoms with E-state index in [1.807, 2.05) is 0 Å². The molecule has 0 unspecified atom stereocenters. The van der Waals surface area contributed by atoms with Crippen molar-refractivity contribution in [3.8, 4) is 0 Å². The Morgan fingerprint density at radius 1 is 1.50 bits per heavy atom. The maximum Gasteiger partial charge on any atom is 0.390 e. The molecular formula is C6H8F3N3. The Labute approximate surface area is 67.0 Å². The lowest BCUT2D eigenvalue weighted by molar-refractivity contribution is -0.136. The number of hydrogen-bond acceptors (Lipinski definition) is 2. The highest BCUT2D eigenvalue weighted by Gasteiger charge is 2.26. The second-order valence-electron chi connectivity index (χ2n) is 2.34. The van der Waals surface area contributed by atoms with Gasteiger partial charge in [-0.05, 0) is 0 Å². The second kappa shape index (κ2) is 3.04. The summed E-state index contributed by atoms with van der Waals surface area (Å²) in [7, 11) is 0. The maximum absolute atomic E-state index is 11.7. The van der Waals surface area contributed by atoms with Gasteiger partial charge in [-0.15, -0.1) is 0 Å². The summed E-state index contributed by atoms with van der Waals surface area (Å²) in [5.41, 5.74) is 5.25. The van der Waals surface area contributed by atoms with Crippen LogP contribution in [0.3, 0.4) is 0 Å². The Kier molecular flexibility index (Phi) is 2.25. The molecule has 12 heavy (non-hydrogen) atoms. The van der Waals surface area contributed by atoms with Gasteiger partial charge >= 0.3 is 6.18 Å². The van der Waals surface area contributed by atoms with Crippen molar-refractivity contribution in [2.45, 2.75) is 19.1 Å². The second-order valence-corrected chi connectivity index (χ2v) is 2.34. The lowest BCUT2D eigenvalue weighted by Crippen LogP contribution is -2.13. The van der Waals surface area contributed by atoms with E-state index in [1.165, 1.54) is 17.0 Å². The van der Waals surface area contributed by atoms with Crippen LogP contribution >= 0.6 is 0 Å². The average molecular weight is 179 g/mol. The molecule has 0 amide bonds. The number of aromatic nitrogens is 2. The Morgan fingerprint density at radius 3 is 2.58 bits per heavy atom. The smallest absolute Gasteiger partial charge is 0.369 e. The fourth-order valence-corrected chi connectivity index (χ4v) is 0.777. The first-order valence-electron chi connectivity index (χ1n) is 3.32. The molecule has 2 N–H and O–H groups in total. The summed E-state index contributed by atoms with van der Waals surface area (Å²) in [6, 6.07) is 0. The van der Waals surface area contributed by atoms with E-state index in [0.29, 0.717) is 0 Å². The van der Waals surface area contributed by atoms with Gasteiger partial charge in [-0.3, -0.25) is 0 Å². The number of halogens is 3. The van der Waals surface area contributed by atoms with Crippen molar-refractivity contribution < 1.29 is 13.2 Å². The summed E-state index contributed by atoms with van der Waals surface area (Å²) < 4.78 is 36.4. The van der Waals surface area contributed by atoms with E-state index >= 15 is 0 Å². The molecule has 1 aromatic rings. The van der Waals surface area contributed by atoms with E-state index < -0.39 is 12.6 Å². The van der Waals surface area contributed by atoms with E-state index in [0.717, 1.165) is 0 Å². The minimum absolute atomic E-state index is 0.110. The first-order valence-corrected chi connectivity index (χ1v) is 3.32. The summed E-state index contributed by atoms with van der Waals surface area (Å²) in [5.74, 6) is 0.110. The average Bonchev–Trinajstić information content (AvgIpc) is 2.29. The molecule has 0 aliphatic heterocycles. The fourth-order valence-electron chi connectivity index (χ4n) is 0.777. The molecule has 0 saturated carbocycles. The van der Waals surface area contributed by atoms with E-state index in [4.69, 9.17) is 5.73 Å². The van der Waals surface area contributed by atoms with Crippen LogP contribution in [0, 0.1) is 0 Å². The van der Waals surface area contributed by atoms with Crippen LogP contribution < -0.4 is 5.73 Å². The van der Waals surface area contributed by atoms with E-state index in [9.17, 15) is 13.2 Å². The minimum Gasteiger partial charge on any atom is -0.369 e. The quantitative estimate of drug-likeness (QED) is 0.746. The summed E-state index contributed by atoms with van der Waals surface area (Å²) in [6.07, 6.45) is -2.24. The molecule has 1 heterocycles. The van der Waals surface area contributed by atoms with E-state index in [2.05, 4.69) is 4.98 Å². The van der Waals surface area contributed by atoms with Gasteiger partial charge in [-0.25, -0.2) is 4.98 Å². The summed E-state index contributed by atoms with van der Waals surface area (Å²) in [6.45, 7) is -0.171. The van der Waals surface area contributed by atoms with Crippen molar-refractivity contribution in [1.82, 2.24) is 9.55 Å². The van der Waals surface area contributed by atoms with Gasteiger partial charge in [0.05, 0.1) is 6.42 Å². The summed E-state index contributed by atoms with van der Waals surface area (Å²) in [4.78, 5) is 3.59. The number of nitrogens with zero attached hydrogens (tertiary/aromatic N) is 2. The molecule has 1 aromatic heterocycles. The zero-order valence-corrected chi connectivity index (χ0v) is 6.17. The molecule has 1 rings (SSSR count). The normalized spacial score (nSPS) is 11.9. The van der Waals surface area contributed by atoms with Gasteiger partial charge in [0.15, 0.2) is 5.95 Å². The number of imidazole rings is 1. The third-order valence-corrected chi connectivity index (χ3v) is 1.38. The predicted molar refractivity (Wildman–Crippen MR) is 37.3 cm³/mol. The van der Waals surface area contributed by atoms with Gasteiger partial charge in [-0.2, -0.15) is 13.2 Å². The van der Waals surface area contributed by atoms with Gasteiger partial charge in [0.25, 0.3) is 0 Å². The zero-order chi connectivity index (χ0) is 9.19. The van der Waals surface area contributed by atoms with Crippen LogP contribution in [0.5, 0.6) is 0 Å². The topological polar surface area (TPSA) is 43.8 Å². The molecule has 0 saturated heterocycles. The van der Waals surface area contributed by atoms with Gasteiger partial charge < -0.3 is 10.3 Å². The first kappa shape index (κ1) is 8.89. The highest BCUT2D eigenvalue weighted by molar-refractivity contribution is 5.16. The number of aryl methyl sites for hydroxylation is 1. The molecule has 68 valence electrons. The predicted octanol–water partition coefficient (Wildman–Crippen LogP) is 1.42. The third-order valence-electron chi connectivity index (χ3n) is 1.38. The highest BCUT2D eigenvalue weighted by Crippen LogP contribution is 2.20. The first-order chi connectivity index (χ1) is 5.49. The van der Waals surface area contributed by atoms with Crippen LogP contribution in [-0.2, 0) is 6.54 Å². The highest BCUT2D eigenvalue weighted by atomic mass is 19.4. The van der Waals surface area contributed by atoms with Crippen LogP contribution in [0.25, 0.3) is 0 Å². The molecule has 0 aromatic carbocycles.